The van der Waals surface area contributed by atoms with E-state index in [0.717, 1.165) is 24.0 Å². The summed E-state index contributed by atoms with van der Waals surface area (Å²) in [5.74, 6) is 0.682. The van der Waals surface area contributed by atoms with Gasteiger partial charge in [0.2, 0.25) is 0 Å². The van der Waals surface area contributed by atoms with Crippen molar-refractivity contribution in [3.63, 3.8) is 0 Å². The maximum absolute atomic E-state index is 9.92. The molecular formula is C17H17ClO2. The van der Waals surface area contributed by atoms with Gasteiger partial charge in [0, 0.05) is 6.42 Å². The third-order valence-electron chi connectivity index (χ3n) is 3.59. The van der Waals surface area contributed by atoms with Gasteiger partial charge in [-0.2, -0.15) is 0 Å². The minimum Gasteiger partial charge on any atom is -0.487 e. The molecule has 0 aromatic heterocycles. The smallest absolute Gasteiger partial charge is 0.138 e. The van der Waals surface area contributed by atoms with Crippen LogP contribution in [0.2, 0.25) is 5.02 Å². The van der Waals surface area contributed by atoms with Crippen LogP contribution < -0.4 is 4.74 Å². The molecule has 0 amide bonds. The molecule has 1 aliphatic rings. The Morgan fingerprint density at radius 2 is 1.80 bits per heavy atom. The van der Waals surface area contributed by atoms with E-state index in [1.807, 2.05) is 48.5 Å². The van der Waals surface area contributed by atoms with Crippen LogP contribution >= 0.6 is 11.6 Å². The summed E-state index contributed by atoms with van der Waals surface area (Å²) in [7, 11) is 0. The third kappa shape index (κ3) is 3.33. The van der Waals surface area contributed by atoms with Gasteiger partial charge in [-0.05, 0) is 36.1 Å². The van der Waals surface area contributed by atoms with Gasteiger partial charge in [-0.25, -0.2) is 0 Å². The number of hydrogen-bond donors (Lipinski definition) is 1. The molecule has 2 nitrogen and oxygen atoms in total. The summed E-state index contributed by atoms with van der Waals surface area (Å²) in [4.78, 5) is 0. The Kier molecular flexibility index (Phi) is 3.68. The molecule has 1 N–H and O–H groups in total. The van der Waals surface area contributed by atoms with Gasteiger partial charge in [0.1, 0.15) is 12.4 Å². The van der Waals surface area contributed by atoms with Crippen molar-refractivity contribution in [3.8, 4) is 5.75 Å². The third-order valence-corrected chi connectivity index (χ3v) is 3.89. The first-order chi connectivity index (χ1) is 9.65. The number of hydrogen-bond acceptors (Lipinski definition) is 2. The summed E-state index contributed by atoms with van der Waals surface area (Å²) < 4.78 is 5.73. The van der Waals surface area contributed by atoms with Gasteiger partial charge >= 0.3 is 0 Å². The summed E-state index contributed by atoms with van der Waals surface area (Å²) in [6.45, 7) is 0.504. The second kappa shape index (κ2) is 5.47. The molecular weight excluding hydrogens is 272 g/mol. The standard InChI is InChI=1S/C17H17ClO2/c18-15-10-14(11-17(19)8-9-17)6-7-16(15)20-12-13-4-2-1-3-5-13/h1-7,10,19H,8-9,11-12H2. The molecule has 0 bridgehead atoms. The number of halogens is 1. The van der Waals surface area contributed by atoms with E-state index in [1.165, 1.54) is 0 Å². The molecule has 1 saturated carbocycles. The summed E-state index contributed by atoms with van der Waals surface area (Å²) in [5.41, 5.74) is 1.68. The zero-order chi connectivity index (χ0) is 14.0. The van der Waals surface area contributed by atoms with Crippen molar-refractivity contribution >= 4 is 11.6 Å². The SMILES string of the molecule is OC1(Cc2ccc(OCc3ccccc3)c(Cl)c2)CC1. The zero-order valence-corrected chi connectivity index (χ0v) is 11.9. The van der Waals surface area contributed by atoms with Crippen molar-refractivity contribution in [1.82, 2.24) is 0 Å². The highest BCUT2D eigenvalue weighted by Gasteiger charge is 2.40. The van der Waals surface area contributed by atoms with Crippen molar-refractivity contribution in [3.05, 3.63) is 64.7 Å². The summed E-state index contributed by atoms with van der Waals surface area (Å²) in [6.07, 6.45) is 2.44. The Hall–Kier alpha value is -1.51. The molecule has 0 heterocycles. The van der Waals surface area contributed by atoms with Crippen LogP contribution in [0.3, 0.4) is 0 Å². The fourth-order valence-electron chi connectivity index (χ4n) is 2.21. The van der Waals surface area contributed by atoms with E-state index >= 15 is 0 Å². The Labute approximate surface area is 124 Å². The van der Waals surface area contributed by atoms with E-state index in [4.69, 9.17) is 16.3 Å². The van der Waals surface area contributed by atoms with Crippen LogP contribution in [0, 0.1) is 0 Å². The lowest BCUT2D eigenvalue weighted by Crippen LogP contribution is -2.10. The first-order valence-corrected chi connectivity index (χ1v) is 7.20. The molecule has 0 spiro atoms. The van der Waals surface area contributed by atoms with Gasteiger partial charge in [-0.15, -0.1) is 0 Å². The van der Waals surface area contributed by atoms with Crippen LogP contribution in [0.4, 0.5) is 0 Å². The second-order valence-electron chi connectivity index (χ2n) is 5.44. The highest BCUT2D eigenvalue weighted by molar-refractivity contribution is 6.32. The van der Waals surface area contributed by atoms with Gasteiger partial charge in [-0.1, -0.05) is 48.0 Å². The number of aliphatic hydroxyl groups is 1. The van der Waals surface area contributed by atoms with Gasteiger partial charge in [0.05, 0.1) is 10.6 Å². The normalized spacial score (nSPS) is 15.9. The first-order valence-electron chi connectivity index (χ1n) is 6.82. The van der Waals surface area contributed by atoms with Crippen molar-refractivity contribution in [2.24, 2.45) is 0 Å². The Bertz CT molecular complexity index is 591. The minimum atomic E-state index is -0.490. The van der Waals surface area contributed by atoms with Crippen molar-refractivity contribution in [2.45, 2.75) is 31.5 Å². The van der Waals surface area contributed by atoms with Crippen LogP contribution in [0.25, 0.3) is 0 Å². The molecule has 0 unspecified atom stereocenters. The predicted octanol–water partition coefficient (Wildman–Crippen LogP) is 3.99. The van der Waals surface area contributed by atoms with Crippen LogP contribution in [-0.2, 0) is 13.0 Å². The molecule has 20 heavy (non-hydrogen) atoms. The number of rotatable bonds is 5. The van der Waals surface area contributed by atoms with Crippen LogP contribution in [0.1, 0.15) is 24.0 Å². The molecule has 1 aliphatic carbocycles. The lowest BCUT2D eigenvalue weighted by Gasteiger charge is -2.11. The maximum Gasteiger partial charge on any atom is 0.138 e. The van der Waals surface area contributed by atoms with E-state index in [1.54, 1.807) is 0 Å². The Morgan fingerprint density at radius 3 is 2.45 bits per heavy atom. The topological polar surface area (TPSA) is 29.5 Å². The average Bonchev–Trinajstić information content (AvgIpc) is 3.16. The van der Waals surface area contributed by atoms with E-state index in [2.05, 4.69) is 0 Å². The number of ether oxygens (including phenoxy) is 1. The van der Waals surface area contributed by atoms with Crippen molar-refractivity contribution < 1.29 is 9.84 Å². The molecule has 2 aromatic carbocycles. The van der Waals surface area contributed by atoms with Crippen LogP contribution in [0.15, 0.2) is 48.5 Å². The average molecular weight is 289 g/mol. The summed E-state index contributed by atoms with van der Waals surface area (Å²) in [5, 5.41) is 10.5. The lowest BCUT2D eigenvalue weighted by molar-refractivity contribution is 0.151. The minimum absolute atomic E-state index is 0.490. The first kappa shape index (κ1) is 13.5. The van der Waals surface area contributed by atoms with Crippen molar-refractivity contribution in [1.29, 1.82) is 0 Å². The molecule has 3 heteroatoms. The molecule has 0 saturated heterocycles. The maximum atomic E-state index is 9.92. The molecule has 2 aromatic rings. The van der Waals surface area contributed by atoms with E-state index in [0.29, 0.717) is 23.8 Å². The molecule has 3 rings (SSSR count). The fraction of sp³-hybridized carbons (Fsp3) is 0.294. The van der Waals surface area contributed by atoms with E-state index in [9.17, 15) is 5.11 Å². The van der Waals surface area contributed by atoms with E-state index in [-0.39, 0.29) is 0 Å². The van der Waals surface area contributed by atoms with Gasteiger partial charge in [0.25, 0.3) is 0 Å². The summed E-state index contributed by atoms with van der Waals surface area (Å²) in [6, 6.07) is 15.7. The van der Waals surface area contributed by atoms with Gasteiger partial charge in [0.15, 0.2) is 0 Å². The molecule has 0 aliphatic heterocycles. The van der Waals surface area contributed by atoms with Crippen LogP contribution in [0.5, 0.6) is 5.75 Å². The molecule has 104 valence electrons. The molecule has 0 radical (unpaired) electrons. The summed E-state index contributed by atoms with van der Waals surface area (Å²) >= 11 is 6.24. The highest BCUT2D eigenvalue weighted by Crippen LogP contribution is 2.39. The molecule has 0 atom stereocenters. The fourth-order valence-corrected chi connectivity index (χ4v) is 2.47. The Morgan fingerprint density at radius 1 is 1.05 bits per heavy atom. The number of benzene rings is 2. The van der Waals surface area contributed by atoms with Gasteiger partial charge < -0.3 is 9.84 Å². The van der Waals surface area contributed by atoms with Crippen molar-refractivity contribution in [2.75, 3.05) is 0 Å². The van der Waals surface area contributed by atoms with Crippen LogP contribution in [-0.4, -0.2) is 10.7 Å². The largest absolute Gasteiger partial charge is 0.487 e. The lowest BCUT2D eigenvalue weighted by atomic mass is 10.1. The Balaban J connectivity index is 1.65. The van der Waals surface area contributed by atoms with E-state index < -0.39 is 5.60 Å². The second-order valence-corrected chi connectivity index (χ2v) is 5.85. The molecule has 1 fully saturated rings. The monoisotopic (exact) mass is 288 g/mol. The van der Waals surface area contributed by atoms with Gasteiger partial charge in [-0.3, -0.25) is 0 Å². The highest BCUT2D eigenvalue weighted by atomic mass is 35.5. The quantitative estimate of drug-likeness (QED) is 0.901. The zero-order valence-electron chi connectivity index (χ0n) is 11.2. The predicted molar refractivity (Wildman–Crippen MR) is 80.1 cm³/mol.